The topological polar surface area (TPSA) is 40.5 Å². The van der Waals surface area contributed by atoms with Gasteiger partial charge in [-0.3, -0.25) is 0 Å². The summed E-state index contributed by atoms with van der Waals surface area (Å²) in [6.07, 6.45) is 14.2. The Labute approximate surface area is 141 Å². The van der Waals surface area contributed by atoms with E-state index < -0.39 is 6.29 Å². The van der Waals surface area contributed by atoms with Crippen LogP contribution in [0.3, 0.4) is 0 Å². The van der Waals surface area contributed by atoms with Gasteiger partial charge < -0.3 is 10.2 Å². The molecule has 0 aromatic carbocycles. The number of aliphatic hydroxyl groups excluding tert-OH is 1. The molecular formula is C21H34O2. The maximum absolute atomic E-state index is 9.48. The van der Waals surface area contributed by atoms with Crippen molar-refractivity contribution in [1.82, 2.24) is 0 Å². The monoisotopic (exact) mass is 318 g/mol. The van der Waals surface area contributed by atoms with Crippen molar-refractivity contribution in [1.29, 1.82) is 0 Å². The van der Waals surface area contributed by atoms with Gasteiger partial charge in [0.2, 0.25) is 0 Å². The van der Waals surface area contributed by atoms with Crippen LogP contribution in [0, 0.1) is 34.5 Å². The molecule has 0 spiro atoms. The van der Waals surface area contributed by atoms with Crippen LogP contribution < -0.4 is 0 Å². The summed E-state index contributed by atoms with van der Waals surface area (Å²) in [4.78, 5) is 0. The maximum atomic E-state index is 9.48. The van der Waals surface area contributed by atoms with Gasteiger partial charge in [0, 0.05) is 6.42 Å². The fraction of sp³-hybridized carbons (Fsp3) is 0.905. The third kappa shape index (κ3) is 2.35. The van der Waals surface area contributed by atoms with Crippen molar-refractivity contribution < 1.29 is 10.2 Å². The largest absolute Gasteiger partial charge is 0.368 e. The molecular weight excluding hydrogens is 284 g/mol. The third-order valence-electron chi connectivity index (χ3n) is 8.66. The smallest absolute Gasteiger partial charge is 0.151 e. The summed E-state index contributed by atoms with van der Waals surface area (Å²) >= 11 is 0. The van der Waals surface area contributed by atoms with E-state index in [1.807, 2.05) is 0 Å². The zero-order valence-electron chi connectivity index (χ0n) is 14.9. The molecule has 0 saturated heterocycles. The first-order valence-electron chi connectivity index (χ1n) is 10.0. The van der Waals surface area contributed by atoms with Gasteiger partial charge in [-0.25, -0.2) is 0 Å². The number of hydrogen-bond donors (Lipinski definition) is 2. The number of aliphatic hydroxyl groups is 2. The summed E-state index contributed by atoms with van der Waals surface area (Å²) < 4.78 is 0. The number of fused-ring (bicyclic) bond motifs is 5. The summed E-state index contributed by atoms with van der Waals surface area (Å²) in [5.74, 6) is 3.09. The van der Waals surface area contributed by atoms with Crippen molar-refractivity contribution in [3.05, 3.63) is 11.6 Å². The normalized spacial score (nSPS) is 49.3. The number of allylic oxidation sites excluding steroid dienone is 2. The number of rotatable bonds is 2. The van der Waals surface area contributed by atoms with E-state index in [0.29, 0.717) is 17.8 Å². The zero-order chi connectivity index (χ0) is 16.2. The van der Waals surface area contributed by atoms with Gasteiger partial charge in [0.1, 0.15) is 0 Å². The van der Waals surface area contributed by atoms with E-state index >= 15 is 0 Å². The molecule has 2 N–H and O–H groups in total. The minimum absolute atomic E-state index is 0.239. The molecule has 0 aliphatic heterocycles. The van der Waals surface area contributed by atoms with Crippen LogP contribution in [0.5, 0.6) is 0 Å². The Morgan fingerprint density at radius 1 is 1.09 bits per heavy atom. The van der Waals surface area contributed by atoms with Crippen LogP contribution in [0.1, 0.15) is 78.1 Å². The summed E-state index contributed by atoms with van der Waals surface area (Å²) in [5, 5.41) is 19.0. The van der Waals surface area contributed by atoms with Crippen molar-refractivity contribution in [2.75, 3.05) is 0 Å². The van der Waals surface area contributed by atoms with Gasteiger partial charge in [-0.05, 0) is 79.4 Å². The highest BCUT2D eigenvalue weighted by Gasteiger charge is 2.56. The quantitative estimate of drug-likeness (QED) is 0.574. The standard InChI is InChI=1S/C21H34O2/c1-20-11-4-3-5-14(20)6-8-16-17-9-7-15(13-19(22)23)21(17,2)12-10-18(16)20/h9,14-16,18-19,22-23H,3-8,10-13H2,1-2H3/t14-,15-,16+,18+,20+,21-/m1/s1. The summed E-state index contributed by atoms with van der Waals surface area (Å²) in [6.45, 7) is 5.03. The zero-order valence-corrected chi connectivity index (χ0v) is 14.9. The molecule has 0 amide bonds. The Morgan fingerprint density at radius 3 is 2.70 bits per heavy atom. The van der Waals surface area contributed by atoms with Gasteiger partial charge in [0.15, 0.2) is 6.29 Å². The molecule has 6 atom stereocenters. The summed E-state index contributed by atoms with van der Waals surface area (Å²) in [7, 11) is 0. The molecule has 2 nitrogen and oxygen atoms in total. The van der Waals surface area contributed by atoms with E-state index in [0.717, 1.165) is 24.2 Å². The summed E-state index contributed by atoms with van der Waals surface area (Å²) in [6, 6.07) is 0. The molecule has 23 heavy (non-hydrogen) atoms. The Bertz CT molecular complexity index is 496. The van der Waals surface area contributed by atoms with Crippen molar-refractivity contribution >= 4 is 0 Å². The SMILES string of the molecule is C[C@]12CCCC[C@@H]1CC[C@H]1C3=CC[C@H](CC(O)O)[C@@]3(C)CC[C@@H]12. The molecule has 3 fully saturated rings. The minimum Gasteiger partial charge on any atom is -0.368 e. The van der Waals surface area contributed by atoms with Gasteiger partial charge in [0.05, 0.1) is 0 Å². The highest BCUT2D eigenvalue weighted by Crippen LogP contribution is 2.66. The van der Waals surface area contributed by atoms with E-state index in [1.165, 1.54) is 51.4 Å². The minimum atomic E-state index is -1.14. The van der Waals surface area contributed by atoms with E-state index in [2.05, 4.69) is 19.9 Å². The van der Waals surface area contributed by atoms with Crippen LogP contribution in [0.2, 0.25) is 0 Å². The molecule has 0 bridgehead atoms. The Morgan fingerprint density at radius 2 is 1.91 bits per heavy atom. The molecule has 4 rings (SSSR count). The number of hydrogen-bond acceptors (Lipinski definition) is 2. The van der Waals surface area contributed by atoms with E-state index in [-0.39, 0.29) is 5.41 Å². The van der Waals surface area contributed by atoms with Crippen molar-refractivity contribution in [2.45, 2.75) is 84.3 Å². The predicted octanol–water partition coefficient (Wildman–Crippen LogP) is 4.66. The van der Waals surface area contributed by atoms with Crippen LogP contribution >= 0.6 is 0 Å². The molecule has 0 aromatic rings. The van der Waals surface area contributed by atoms with Crippen molar-refractivity contribution in [3.63, 3.8) is 0 Å². The van der Waals surface area contributed by atoms with Crippen LogP contribution in [-0.2, 0) is 0 Å². The van der Waals surface area contributed by atoms with Gasteiger partial charge in [-0.1, -0.05) is 38.3 Å². The molecule has 0 heterocycles. The second-order valence-electron chi connectivity index (χ2n) is 9.50. The lowest BCUT2D eigenvalue weighted by atomic mass is 9.46. The summed E-state index contributed by atoms with van der Waals surface area (Å²) in [5.41, 5.74) is 2.53. The highest BCUT2D eigenvalue weighted by molar-refractivity contribution is 5.29. The van der Waals surface area contributed by atoms with Crippen LogP contribution in [-0.4, -0.2) is 16.5 Å². The van der Waals surface area contributed by atoms with E-state index in [4.69, 9.17) is 0 Å². The van der Waals surface area contributed by atoms with E-state index in [1.54, 1.807) is 5.57 Å². The highest BCUT2D eigenvalue weighted by atomic mass is 16.5. The van der Waals surface area contributed by atoms with Crippen molar-refractivity contribution in [3.8, 4) is 0 Å². The lowest BCUT2D eigenvalue weighted by Gasteiger charge is -2.59. The first-order chi connectivity index (χ1) is 10.9. The van der Waals surface area contributed by atoms with Gasteiger partial charge in [-0.2, -0.15) is 0 Å². The fourth-order valence-corrected chi connectivity index (χ4v) is 7.33. The predicted molar refractivity (Wildman–Crippen MR) is 92.7 cm³/mol. The molecule has 4 aliphatic rings. The van der Waals surface area contributed by atoms with Gasteiger partial charge in [-0.15, -0.1) is 0 Å². The first kappa shape index (κ1) is 16.1. The lowest BCUT2D eigenvalue weighted by molar-refractivity contribution is -0.0802. The Kier molecular flexibility index (Phi) is 3.93. The lowest BCUT2D eigenvalue weighted by Crippen LogP contribution is -2.50. The first-order valence-corrected chi connectivity index (χ1v) is 10.0. The maximum Gasteiger partial charge on any atom is 0.151 e. The molecule has 0 unspecified atom stereocenters. The van der Waals surface area contributed by atoms with E-state index in [9.17, 15) is 10.2 Å². The van der Waals surface area contributed by atoms with Crippen molar-refractivity contribution in [2.24, 2.45) is 34.5 Å². The molecule has 0 radical (unpaired) electrons. The van der Waals surface area contributed by atoms with Crippen LogP contribution in [0.25, 0.3) is 0 Å². The van der Waals surface area contributed by atoms with Crippen LogP contribution in [0.15, 0.2) is 11.6 Å². The Hall–Kier alpha value is -0.340. The Balaban J connectivity index is 1.60. The van der Waals surface area contributed by atoms with Gasteiger partial charge in [0.25, 0.3) is 0 Å². The molecule has 0 aromatic heterocycles. The third-order valence-corrected chi connectivity index (χ3v) is 8.66. The van der Waals surface area contributed by atoms with Gasteiger partial charge >= 0.3 is 0 Å². The second kappa shape index (κ2) is 5.59. The van der Waals surface area contributed by atoms with Crippen LogP contribution in [0.4, 0.5) is 0 Å². The average Bonchev–Trinajstić information content (AvgIpc) is 2.83. The fourth-order valence-electron chi connectivity index (χ4n) is 7.33. The molecule has 2 heteroatoms. The average molecular weight is 319 g/mol. The molecule has 4 aliphatic carbocycles. The second-order valence-corrected chi connectivity index (χ2v) is 9.50. The molecule has 130 valence electrons. The molecule has 3 saturated carbocycles.